The molecule has 1 unspecified atom stereocenters. The Bertz CT molecular complexity index is 1200. The number of nitrogens with zero attached hydrogens (tertiary/aromatic N) is 2. The molecule has 32 heavy (non-hydrogen) atoms. The lowest BCUT2D eigenvalue weighted by atomic mass is 10.2. The van der Waals surface area contributed by atoms with E-state index in [9.17, 15) is 13.2 Å². The van der Waals surface area contributed by atoms with Crippen LogP contribution in [-0.2, 0) is 19.4 Å². The van der Waals surface area contributed by atoms with Gasteiger partial charge in [-0.15, -0.1) is 0 Å². The second kappa shape index (κ2) is 9.99. The van der Waals surface area contributed by atoms with Gasteiger partial charge in [0.05, 0.1) is 33.5 Å². The van der Waals surface area contributed by atoms with Gasteiger partial charge in [-0.05, 0) is 56.5 Å². The maximum Gasteiger partial charge on any atom is 0.228 e. The standard InChI is InChI=1S/C23H25BrN2O4S2/c1-16-6-9-19(10-7-16)32(28,29)13-3-5-22(27)26(15-18-4-2-12-30-18)23-25-20-11-8-17(24)14-21(20)31-23/h6-11,14,18H,2-5,12-13,15H2,1H3. The van der Waals surface area contributed by atoms with E-state index in [0.717, 1.165) is 33.1 Å². The summed E-state index contributed by atoms with van der Waals surface area (Å²) in [7, 11) is -3.42. The summed E-state index contributed by atoms with van der Waals surface area (Å²) in [5, 5.41) is 0.625. The molecule has 6 nitrogen and oxygen atoms in total. The highest BCUT2D eigenvalue weighted by Crippen LogP contribution is 2.32. The van der Waals surface area contributed by atoms with Crippen molar-refractivity contribution in [2.24, 2.45) is 0 Å². The zero-order chi connectivity index (χ0) is 22.7. The van der Waals surface area contributed by atoms with Crippen LogP contribution in [0.5, 0.6) is 0 Å². The van der Waals surface area contributed by atoms with Crippen molar-refractivity contribution >= 4 is 58.4 Å². The van der Waals surface area contributed by atoms with E-state index >= 15 is 0 Å². The third-order valence-corrected chi connectivity index (χ3v) is 8.82. The third-order valence-electron chi connectivity index (χ3n) is 5.47. The van der Waals surface area contributed by atoms with Gasteiger partial charge >= 0.3 is 0 Å². The molecular formula is C23H25BrN2O4S2. The van der Waals surface area contributed by atoms with E-state index in [2.05, 4.69) is 20.9 Å². The van der Waals surface area contributed by atoms with Crippen LogP contribution in [0.2, 0.25) is 0 Å². The maximum atomic E-state index is 13.2. The molecule has 1 saturated heterocycles. The summed E-state index contributed by atoms with van der Waals surface area (Å²) in [5.74, 6) is -0.194. The number of amides is 1. The van der Waals surface area contributed by atoms with E-state index in [4.69, 9.17) is 4.74 Å². The van der Waals surface area contributed by atoms with Crippen LogP contribution in [0.25, 0.3) is 10.2 Å². The number of rotatable bonds is 8. The van der Waals surface area contributed by atoms with Crippen molar-refractivity contribution in [2.45, 2.75) is 43.6 Å². The van der Waals surface area contributed by atoms with E-state index < -0.39 is 9.84 Å². The summed E-state index contributed by atoms with van der Waals surface area (Å²) in [5.41, 5.74) is 1.84. The Morgan fingerprint density at radius 3 is 2.75 bits per heavy atom. The van der Waals surface area contributed by atoms with Crippen molar-refractivity contribution in [1.82, 2.24) is 4.98 Å². The van der Waals surface area contributed by atoms with Crippen LogP contribution in [0, 0.1) is 6.92 Å². The number of halogens is 1. The minimum Gasteiger partial charge on any atom is -0.376 e. The number of hydrogen-bond donors (Lipinski definition) is 0. The number of carbonyl (C=O) groups is 1. The molecule has 1 aromatic heterocycles. The molecule has 0 spiro atoms. The van der Waals surface area contributed by atoms with Gasteiger partial charge in [-0.3, -0.25) is 9.69 Å². The van der Waals surface area contributed by atoms with Crippen LogP contribution >= 0.6 is 27.3 Å². The van der Waals surface area contributed by atoms with E-state index in [0.29, 0.717) is 23.2 Å². The number of thiazole rings is 1. The van der Waals surface area contributed by atoms with Crippen LogP contribution < -0.4 is 4.90 Å². The van der Waals surface area contributed by atoms with Gasteiger partial charge in [-0.1, -0.05) is 45.0 Å². The largest absolute Gasteiger partial charge is 0.376 e. The second-order valence-corrected chi connectivity index (χ2v) is 12.0. The lowest BCUT2D eigenvalue weighted by molar-refractivity contribution is -0.119. The molecule has 1 aliphatic heterocycles. The number of fused-ring (bicyclic) bond motifs is 1. The number of carbonyl (C=O) groups excluding carboxylic acids is 1. The average Bonchev–Trinajstić information content (AvgIpc) is 3.41. The fourth-order valence-electron chi connectivity index (χ4n) is 3.69. The Morgan fingerprint density at radius 1 is 1.25 bits per heavy atom. The van der Waals surface area contributed by atoms with E-state index in [1.165, 1.54) is 11.3 Å². The summed E-state index contributed by atoms with van der Waals surface area (Å²) in [6.45, 7) is 3.05. The minimum absolute atomic E-state index is 0.0195. The molecule has 4 rings (SSSR count). The molecule has 0 saturated carbocycles. The summed E-state index contributed by atoms with van der Waals surface area (Å²) >= 11 is 4.93. The van der Waals surface area contributed by atoms with Gasteiger partial charge in [0.15, 0.2) is 15.0 Å². The van der Waals surface area contributed by atoms with Gasteiger partial charge in [0.2, 0.25) is 5.91 Å². The van der Waals surface area contributed by atoms with Gasteiger partial charge in [-0.25, -0.2) is 13.4 Å². The molecule has 0 radical (unpaired) electrons. The molecule has 1 amide bonds. The number of ether oxygens (including phenoxy) is 1. The summed E-state index contributed by atoms with van der Waals surface area (Å²) in [6, 6.07) is 12.6. The predicted octanol–water partition coefficient (Wildman–Crippen LogP) is 5.13. The molecule has 1 aliphatic rings. The van der Waals surface area contributed by atoms with E-state index in [-0.39, 0.29) is 30.6 Å². The molecule has 170 valence electrons. The Labute approximate surface area is 200 Å². The first-order valence-corrected chi connectivity index (χ1v) is 13.9. The highest BCUT2D eigenvalue weighted by atomic mass is 79.9. The molecule has 0 aliphatic carbocycles. The summed E-state index contributed by atoms with van der Waals surface area (Å²) in [6.07, 6.45) is 2.26. The Balaban J connectivity index is 1.47. The lowest BCUT2D eigenvalue weighted by Crippen LogP contribution is -2.37. The smallest absolute Gasteiger partial charge is 0.228 e. The van der Waals surface area contributed by atoms with Crippen molar-refractivity contribution in [3.05, 3.63) is 52.5 Å². The van der Waals surface area contributed by atoms with Gasteiger partial charge in [0, 0.05) is 17.5 Å². The molecule has 2 aromatic carbocycles. The van der Waals surface area contributed by atoms with Gasteiger partial charge in [-0.2, -0.15) is 0 Å². The van der Waals surface area contributed by atoms with Gasteiger partial charge in [0.25, 0.3) is 0 Å². The summed E-state index contributed by atoms with van der Waals surface area (Å²) in [4.78, 5) is 19.8. The Hall–Kier alpha value is -1.81. The average molecular weight is 538 g/mol. The molecule has 1 atom stereocenters. The fraction of sp³-hybridized carbons (Fsp3) is 0.391. The number of aromatic nitrogens is 1. The number of hydrogen-bond acceptors (Lipinski definition) is 6. The molecule has 0 N–H and O–H groups in total. The number of benzene rings is 2. The first-order chi connectivity index (χ1) is 15.3. The molecule has 9 heteroatoms. The first kappa shape index (κ1) is 23.4. The molecule has 3 aromatic rings. The number of sulfone groups is 1. The lowest BCUT2D eigenvalue weighted by Gasteiger charge is -2.23. The van der Waals surface area contributed by atoms with Crippen LogP contribution in [0.15, 0.2) is 51.8 Å². The topological polar surface area (TPSA) is 76.6 Å². The minimum atomic E-state index is -3.42. The predicted molar refractivity (Wildman–Crippen MR) is 131 cm³/mol. The molecule has 0 bridgehead atoms. The molecule has 1 fully saturated rings. The van der Waals surface area contributed by atoms with Crippen molar-refractivity contribution in [3.63, 3.8) is 0 Å². The molecular weight excluding hydrogens is 512 g/mol. The zero-order valence-corrected chi connectivity index (χ0v) is 21.0. The first-order valence-electron chi connectivity index (χ1n) is 10.6. The summed E-state index contributed by atoms with van der Waals surface area (Å²) < 4.78 is 33.0. The van der Waals surface area contributed by atoms with E-state index in [1.807, 2.05) is 25.1 Å². The number of aryl methyl sites for hydroxylation is 1. The van der Waals surface area contributed by atoms with Crippen molar-refractivity contribution in [1.29, 1.82) is 0 Å². The van der Waals surface area contributed by atoms with Gasteiger partial charge in [0.1, 0.15) is 0 Å². The fourth-order valence-corrected chi connectivity index (χ4v) is 6.55. The Morgan fingerprint density at radius 2 is 2.03 bits per heavy atom. The zero-order valence-electron chi connectivity index (χ0n) is 17.8. The monoisotopic (exact) mass is 536 g/mol. The molecule has 2 heterocycles. The SMILES string of the molecule is Cc1ccc(S(=O)(=O)CCCC(=O)N(CC2CCCO2)c2nc3ccc(Br)cc3s2)cc1. The van der Waals surface area contributed by atoms with Crippen molar-refractivity contribution < 1.29 is 17.9 Å². The van der Waals surface area contributed by atoms with Crippen LogP contribution in [-0.4, -0.2) is 44.3 Å². The highest BCUT2D eigenvalue weighted by molar-refractivity contribution is 9.10. The van der Waals surface area contributed by atoms with Crippen molar-refractivity contribution in [3.8, 4) is 0 Å². The maximum absolute atomic E-state index is 13.2. The Kier molecular flexibility index (Phi) is 7.29. The second-order valence-electron chi connectivity index (χ2n) is 7.98. The normalized spacial score (nSPS) is 16.5. The highest BCUT2D eigenvalue weighted by Gasteiger charge is 2.26. The quantitative estimate of drug-likeness (QED) is 0.398. The third kappa shape index (κ3) is 5.57. The van der Waals surface area contributed by atoms with Crippen LogP contribution in [0.3, 0.4) is 0 Å². The van der Waals surface area contributed by atoms with Crippen LogP contribution in [0.4, 0.5) is 5.13 Å². The number of anilines is 1. The van der Waals surface area contributed by atoms with Crippen LogP contribution in [0.1, 0.15) is 31.2 Å². The van der Waals surface area contributed by atoms with E-state index in [1.54, 1.807) is 29.2 Å². The van der Waals surface area contributed by atoms with Crippen molar-refractivity contribution in [2.75, 3.05) is 23.8 Å². The van der Waals surface area contributed by atoms with Gasteiger partial charge < -0.3 is 4.74 Å².